The highest BCUT2D eigenvalue weighted by Gasteiger charge is 2.17. The lowest BCUT2D eigenvalue weighted by Gasteiger charge is -2.22. The van der Waals surface area contributed by atoms with Crippen molar-refractivity contribution < 1.29 is 17.6 Å². The van der Waals surface area contributed by atoms with Gasteiger partial charge in [0.15, 0.2) is 0 Å². The number of hydrogen-bond donors (Lipinski definition) is 1. The molecule has 0 atom stereocenters. The molecule has 0 heterocycles. The highest BCUT2D eigenvalue weighted by Crippen LogP contribution is 2.19. The van der Waals surface area contributed by atoms with Gasteiger partial charge in [-0.2, -0.15) is 0 Å². The molecule has 0 saturated carbocycles. The number of hydrogen-bond acceptors (Lipinski definition) is 3. The third-order valence-corrected chi connectivity index (χ3v) is 5.87. The Balaban J connectivity index is 1.75. The zero-order chi connectivity index (χ0) is 21.3. The summed E-state index contributed by atoms with van der Waals surface area (Å²) in [5.41, 5.74) is 2.78. The van der Waals surface area contributed by atoms with E-state index in [1.807, 2.05) is 19.1 Å². The number of amides is 1. The van der Waals surface area contributed by atoms with E-state index in [1.165, 1.54) is 22.7 Å². The van der Waals surface area contributed by atoms with Crippen LogP contribution in [0.5, 0.6) is 0 Å². The smallest absolute Gasteiger partial charge is 0.232 e. The van der Waals surface area contributed by atoms with Crippen LogP contribution in [0.1, 0.15) is 37.3 Å². The molecule has 0 aliphatic rings. The maximum Gasteiger partial charge on any atom is 0.232 e. The summed E-state index contributed by atoms with van der Waals surface area (Å²) < 4.78 is 38.5. The summed E-state index contributed by atoms with van der Waals surface area (Å²) >= 11 is 0. The number of carbonyl (C=O) groups is 1. The van der Waals surface area contributed by atoms with Crippen LogP contribution in [0.25, 0.3) is 0 Å². The van der Waals surface area contributed by atoms with Crippen LogP contribution < -0.4 is 9.62 Å². The molecule has 0 aliphatic heterocycles. The van der Waals surface area contributed by atoms with Crippen LogP contribution in [0.3, 0.4) is 0 Å². The van der Waals surface area contributed by atoms with E-state index in [1.54, 1.807) is 24.3 Å². The third kappa shape index (κ3) is 7.85. The Hall–Kier alpha value is -2.41. The molecule has 29 heavy (non-hydrogen) atoms. The van der Waals surface area contributed by atoms with Crippen LogP contribution in [0.4, 0.5) is 10.1 Å². The van der Waals surface area contributed by atoms with Crippen molar-refractivity contribution in [1.29, 1.82) is 0 Å². The summed E-state index contributed by atoms with van der Waals surface area (Å²) in [6.07, 6.45) is 4.28. The maximum absolute atomic E-state index is 12.9. The van der Waals surface area contributed by atoms with Gasteiger partial charge in [-0.05, 0) is 61.1 Å². The van der Waals surface area contributed by atoms with Gasteiger partial charge in [0.1, 0.15) is 5.82 Å². The summed E-state index contributed by atoms with van der Waals surface area (Å²) in [4.78, 5) is 12.0. The SMILES string of the molecule is CCc1ccc(N(CCCC(=O)NCCCc2ccc(F)cc2)S(C)(=O)=O)cc1. The Bertz CT molecular complexity index is 881. The van der Waals surface area contributed by atoms with Crippen LogP contribution >= 0.6 is 0 Å². The molecule has 7 heteroatoms. The average molecular weight is 421 g/mol. The lowest BCUT2D eigenvalue weighted by molar-refractivity contribution is -0.121. The number of rotatable bonds is 11. The Labute approximate surface area is 173 Å². The standard InChI is InChI=1S/C22H29FN2O3S/c1-3-18-10-14-21(15-11-18)25(29(2,27)28)17-5-7-22(26)24-16-4-6-19-8-12-20(23)13-9-19/h8-15H,3-7,16-17H2,1-2H3,(H,24,26). The molecule has 0 saturated heterocycles. The van der Waals surface area contributed by atoms with Gasteiger partial charge in [-0.3, -0.25) is 9.10 Å². The first-order valence-electron chi connectivity index (χ1n) is 9.87. The first-order valence-corrected chi connectivity index (χ1v) is 11.7. The second-order valence-corrected chi connectivity index (χ2v) is 8.95. The molecule has 1 amide bonds. The van der Waals surface area contributed by atoms with Crippen molar-refractivity contribution >= 4 is 21.6 Å². The van der Waals surface area contributed by atoms with Gasteiger partial charge in [-0.25, -0.2) is 12.8 Å². The summed E-state index contributed by atoms with van der Waals surface area (Å²) in [6.45, 7) is 2.83. The molecule has 0 radical (unpaired) electrons. The summed E-state index contributed by atoms with van der Waals surface area (Å²) in [5, 5.41) is 2.85. The second-order valence-electron chi connectivity index (χ2n) is 7.04. The van der Waals surface area contributed by atoms with Gasteiger partial charge in [0.25, 0.3) is 0 Å². The van der Waals surface area contributed by atoms with Crippen LogP contribution in [-0.2, 0) is 27.7 Å². The van der Waals surface area contributed by atoms with Gasteiger partial charge >= 0.3 is 0 Å². The zero-order valence-corrected chi connectivity index (χ0v) is 17.8. The number of carbonyl (C=O) groups excluding carboxylic acids is 1. The number of nitrogens with zero attached hydrogens (tertiary/aromatic N) is 1. The lowest BCUT2D eigenvalue weighted by atomic mass is 10.1. The monoisotopic (exact) mass is 420 g/mol. The Kier molecular flexibility index (Phi) is 8.64. The van der Waals surface area contributed by atoms with E-state index in [2.05, 4.69) is 5.32 Å². The van der Waals surface area contributed by atoms with Crippen molar-refractivity contribution in [2.45, 2.75) is 39.0 Å². The zero-order valence-electron chi connectivity index (χ0n) is 17.0. The van der Waals surface area contributed by atoms with Gasteiger partial charge < -0.3 is 5.32 Å². The molecule has 0 aliphatic carbocycles. The molecule has 2 aromatic carbocycles. The number of sulfonamides is 1. The van der Waals surface area contributed by atoms with E-state index in [0.29, 0.717) is 18.7 Å². The molecule has 0 unspecified atom stereocenters. The van der Waals surface area contributed by atoms with Gasteiger partial charge in [0.05, 0.1) is 11.9 Å². The minimum Gasteiger partial charge on any atom is -0.356 e. The largest absolute Gasteiger partial charge is 0.356 e. The highest BCUT2D eigenvalue weighted by molar-refractivity contribution is 7.92. The van der Waals surface area contributed by atoms with Crippen molar-refractivity contribution in [1.82, 2.24) is 5.32 Å². The molecule has 0 fully saturated rings. The summed E-state index contributed by atoms with van der Waals surface area (Å²) in [6, 6.07) is 13.8. The molecule has 158 valence electrons. The average Bonchev–Trinajstić information content (AvgIpc) is 2.69. The van der Waals surface area contributed by atoms with Crippen molar-refractivity contribution in [2.75, 3.05) is 23.7 Å². The van der Waals surface area contributed by atoms with Gasteiger partial charge in [-0.15, -0.1) is 0 Å². The minimum atomic E-state index is -3.42. The van der Waals surface area contributed by atoms with Gasteiger partial charge in [0.2, 0.25) is 15.9 Å². The predicted octanol–water partition coefficient (Wildman–Crippen LogP) is 3.68. The number of halogens is 1. The maximum atomic E-state index is 12.9. The predicted molar refractivity (Wildman–Crippen MR) is 115 cm³/mol. The summed E-state index contributed by atoms with van der Waals surface area (Å²) in [7, 11) is -3.42. The molecule has 2 aromatic rings. The van der Waals surface area contributed by atoms with Gasteiger partial charge in [-0.1, -0.05) is 31.2 Å². The summed E-state index contributed by atoms with van der Waals surface area (Å²) in [5.74, 6) is -0.356. The van der Waals surface area contributed by atoms with Crippen LogP contribution in [-0.4, -0.2) is 33.7 Å². The quantitative estimate of drug-likeness (QED) is 0.564. The third-order valence-electron chi connectivity index (χ3n) is 4.68. The number of nitrogens with one attached hydrogen (secondary N) is 1. The van der Waals surface area contributed by atoms with E-state index in [0.717, 1.165) is 30.4 Å². The van der Waals surface area contributed by atoms with E-state index >= 15 is 0 Å². The molecular formula is C22H29FN2O3S. The number of anilines is 1. The Morgan fingerprint density at radius 1 is 1.00 bits per heavy atom. The molecule has 1 N–H and O–H groups in total. The minimum absolute atomic E-state index is 0.0983. The van der Waals surface area contributed by atoms with Crippen molar-refractivity contribution in [2.24, 2.45) is 0 Å². The first kappa shape index (κ1) is 22.9. The lowest BCUT2D eigenvalue weighted by Crippen LogP contribution is -2.32. The Morgan fingerprint density at radius 3 is 2.21 bits per heavy atom. The van der Waals surface area contributed by atoms with Crippen LogP contribution in [0.15, 0.2) is 48.5 Å². The number of benzene rings is 2. The number of aryl methyl sites for hydroxylation is 2. The van der Waals surface area contributed by atoms with Crippen molar-refractivity contribution in [3.05, 3.63) is 65.5 Å². The van der Waals surface area contributed by atoms with E-state index in [4.69, 9.17) is 0 Å². The normalized spacial score (nSPS) is 11.3. The van der Waals surface area contributed by atoms with E-state index < -0.39 is 10.0 Å². The second kappa shape index (κ2) is 11.0. The Morgan fingerprint density at radius 2 is 1.62 bits per heavy atom. The molecule has 5 nitrogen and oxygen atoms in total. The van der Waals surface area contributed by atoms with Gasteiger partial charge in [0, 0.05) is 19.5 Å². The fraction of sp³-hybridized carbons (Fsp3) is 0.409. The highest BCUT2D eigenvalue weighted by atomic mass is 32.2. The van der Waals surface area contributed by atoms with Crippen molar-refractivity contribution in [3.8, 4) is 0 Å². The van der Waals surface area contributed by atoms with E-state index in [-0.39, 0.29) is 24.7 Å². The molecular weight excluding hydrogens is 391 g/mol. The topological polar surface area (TPSA) is 66.5 Å². The fourth-order valence-electron chi connectivity index (χ4n) is 3.03. The molecule has 2 rings (SSSR count). The molecule has 0 spiro atoms. The molecule has 0 aromatic heterocycles. The van der Waals surface area contributed by atoms with E-state index in [9.17, 15) is 17.6 Å². The first-order chi connectivity index (χ1) is 13.8. The van der Waals surface area contributed by atoms with Crippen LogP contribution in [0.2, 0.25) is 0 Å². The fourth-order valence-corrected chi connectivity index (χ4v) is 3.99. The molecule has 0 bridgehead atoms. The van der Waals surface area contributed by atoms with Crippen LogP contribution in [0, 0.1) is 5.82 Å². The van der Waals surface area contributed by atoms with Crippen molar-refractivity contribution in [3.63, 3.8) is 0 Å².